The maximum atomic E-state index is 14.2. The van der Waals surface area contributed by atoms with Crippen LogP contribution < -0.4 is 10.6 Å². The third-order valence-corrected chi connectivity index (χ3v) is 6.99. The van der Waals surface area contributed by atoms with Crippen molar-refractivity contribution in [2.45, 2.75) is 71.1 Å². The Morgan fingerprint density at radius 2 is 1.60 bits per heavy atom. The first-order valence-electron chi connectivity index (χ1n) is 13.1. The number of hydrogen-bond donors (Lipinski definition) is 3. The van der Waals surface area contributed by atoms with E-state index in [1.54, 1.807) is 30.9 Å². The van der Waals surface area contributed by atoms with E-state index in [1.807, 2.05) is 26.8 Å². The van der Waals surface area contributed by atoms with Gasteiger partial charge in [-0.15, -0.1) is 0 Å². The van der Waals surface area contributed by atoms with Gasteiger partial charge in [0.25, 0.3) is 5.91 Å². The van der Waals surface area contributed by atoms with Gasteiger partial charge in [0.15, 0.2) is 0 Å². The number of anilines is 1. The van der Waals surface area contributed by atoms with E-state index in [2.05, 4.69) is 10.6 Å². The Labute approximate surface area is 230 Å². The van der Waals surface area contributed by atoms with Crippen molar-refractivity contribution in [3.05, 3.63) is 64.5 Å². The van der Waals surface area contributed by atoms with E-state index in [-0.39, 0.29) is 17.0 Å². The molecule has 218 valence electrons. The molecule has 2 aromatic carbocycles. The molecule has 1 heterocycles. The highest BCUT2D eigenvalue weighted by Gasteiger charge is 2.34. The second kappa shape index (κ2) is 11.9. The highest BCUT2D eigenvalue weighted by molar-refractivity contribution is 5.98. The smallest absolute Gasteiger partial charge is 0.416 e. The minimum atomic E-state index is -4.75. The summed E-state index contributed by atoms with van der Waals surface area (Å²) >= 11 is 0. The van der Waals surface area contributed by atoms with E-state index in [9.17, 15) is 37.1 Å². The fourth-order valence-corrected chi connectivity index (χ4v) is 4.73. The Kier molecular flexibility index (Phi) is 9.16. The molecule has 0 aromatic heterocycles. The van der Waals surface area contributed by atoms with Gasteiger partial charge in [-0.1, -0.05) is 34.6 Å². The molecule has 1 saturated heterocycles. The second-order valence-electron chi connectivity index (χ2n) is 11.4. The largest absolute Gasteiger partial charge is 0.478 e. The summed E-state index contributed by atoms with van der Waals surface area (Å²) in [5.74, 6) is -3.99. The van der Waals surface area contributed by atoms with Gasteiger partial charge in [-0.25, -0.2) is 9.18 Å². The lowest BCUT2D eigenvalue weighted by Gasteiger charge is -2.36. The number of aromatic carboxylic acids is 1. The van der Waals surface area contributed by atoms with Gasteiger partial charge >= 0.3 is 12.1 Å². The van der Waals surface area contributed by atoms with E-state index < -0.39 is 52.9 Å². The maximum Gasteiger partial charge on any atom is 0.416 e. The number of alkyl halides is 3. The molecule has 3 rings (SSSR count). The van der Waals surface area contributed by atoms with E-state index in [4.69, 9.17) is 0 Å². The summed E-state index contributed by atoms with van der Waals surface area (Å²) in [7, 11) is 0. The first-order valence-corrected chi connectivity index (χ1v) is 13.1. The van der Waals surface area contributed by atoms with E-state index in [0.29, 0.717) is 49.7 Å². The van der Waals surface area contributed by atoms with Crippen molar-refractivity contribution >= 4 is 23.5 Å². The molecule has 40 heavy (non-hydrogen) atoms. The first kappa shape index (κ1) is 30.9. The van der Waals surface area contributed by atoms with Crippen LogP contribution in [-0.2, 0) is 16.4 Å². The van der Waals surface area contributed by atoms with Gasteiger partial charge in [0.05, 0.1) is 16.7 Å². The highest BCUT2D eigenvalue weighted by Crippen LogP contribution is 2.31. The van der Waals surface area contributed by atoms with Crippen LogP contribution in [0.1, 0.15) is 79.3 Å². The SMILES string of the molecule is CC(C)C(NC(=O)c1cc(C(F)(F)F)ccc1F)C(=O)N1CCC(Nc2ccc(C(=O)O)c(C(C)(C)C)c2)CC1. The molecular formula is C29H35F4N3O4. The van der Waals surface area contributed by atoms with Crippen molar-refractivity contribution in [3.63, 3.8) is 0 Å². The number of piperidine rings is 1. The second-order valence-corrected chi connectivity index (χ2v) is 11.4. The molecule has 2 aromatic rings. The third kappa shape index (κ3) is 7.31. The van der Waals surface area contributed by atoms with Crippen LogP contribution in [0.5, 0.6) is 0 Å². The van der Waals surface area contributed by atoms with E-state index in [0.717, 1.165) is 5.69 Å². The molecule has 7 nitrogen and oxygen atoms in total. The molecule has 11 heteroatoms. The molecule has 0 bridgehead atoms. The lowest BCUT2D eigenvalue weighted by Crippen LogP contribution is -2.54. The molecule has 0 spiro atoms. The molecule has 0 radical (unpaired) electrons. The van der Waals surface area contributed by atoms with Crippen molar-refractivity contribution in [3.8, 4) is 0 Å². The van der Waals surface area contributed by atoms with Gasteiger partial charge in [-0.3, -0.25) is 9.59 Å². The quantitative estimate of drug-likeness (QED) is 0.375. The van der Waals surface area contributed by atoms with Gasteiger partial charge < -0.3 is 20.6 Å². The van der Waals surface area contributed by atoms with Crippen LogP contribution in [0.3, 0.4) is 0 Å². The lowest BCUT2D eigenvalue weighted by molar-refractivity contribution is -0.138. The number of carboxylic acid groups (broad SMARTS) is 1. The number of benzene rings is 2. The van der Waals surface area contributed by atoms with Crippen LogP contribution in [0.2, 0.25) is 0 Å². The van der Waals surface area contributed by atoms with Gasteiger partial charge in [-0.05, 0) is 66.1 Å². The lowest BCUT2D eigenvalue weighted by atomic mass is 9.83. The number of halogens is 4. The summed E-state index contributed by atoms with van der Waals surface area (Å²) in [6.07, 6.45) is -3.59. The molecule has 3 N–H and O–H groups in total. The van der Waals surface area contributed by atoms with Gasteiger partial charge in [-0.2, -0.15) is 13.2 Å². The summed E-state index contributed by atoms with van der Waals surface area (Å²) in [6.45, 7) is 9.93. The first-order chi connectivity index (χ1) is 18.5. The Bertz CT molecular complexity index is 1260. The summed E-state index contributed by atoms with van der Waals surface area (Å²) < 4.78 is 53.4. The Morgan fingerprint density at radius 3 is 2.12 bits per heavy atom. The third-order valence-electron chi connectivity index (χ3n) is 6.99. The molecule has 1 fully saturated rings. The van der Waals surface area contributed by atoms with Crippen LogP contribution in [0.4, 0.5) is 23.2 Å². The predicted molar refractivity (Wildman–Crippen MR) is 143 cm³/mol. The standard InChI is InChI=1S/C29H35F4N3O4/c1-16(2)24(35-25(37)21-14-17(29(31,32)33)6-9-23(21)30)26(38)36-12-10-18(11-13-36)34-19-7-8-20(27(39)40)22(15-19)28(3,4)5/h6-9,14-16,18,24,34H,10-13H2,1-5H3,(H,35,37)(H,39,40). The molecule has 1 unspecified atom stereocenters. The average Bonchev–Trinajstić information content (AvgIpc) is 2.86. The molecule has 1 aliphatic rings. The van der Waals surface area contributed by atoms with Crippen LogP contribution in [0.15, 0.2) is 36.4 Å². The number of carbonyl (C=O) groups excluding carboxylic acids is 2. The van der Waals surface area contributed by atoms with Crippen LogP contribution in [0.25, 0.3) is 0 Å². The molecule has 2 amide bonds. The fourth-order valence-electron chi connectivity index (χ4n) is 4.73. The van der Waals surface area contributed by atoms with Crippen molar-refractivity contribution in [1.82, 2.24) is 10.2 Å². The van der Waals surface area contributed by atoms with E-state index in [1.165, 1.54) is 0 Å². The summed E-state index contributed by atoms with van der Waals surface area (Å²) in [6, 6.07) is 5.67. The molecular weight excluding hydrogens is 530 g/mol. The molecule has 1 atom stereocenters. The number of rotatable bonds is 7. The van der Waals surface area contributed by atoms with Crippen molar-refractivity contribution in [2.24, 2.45) is 5.92 Å². The summed E-state index contributed by atoms with van der Waals surface area (Å²) in [5, 5.41) is 15.4. The average molecular weight is 566 g/mol. The number of nitrogens with zero attached hydrogens (tertiary/aromatic N) is 1. The topological polar surface area (TPSA) is 98.7 Å². The number of carbonyl (C=O) groups is 3. The zero-order chi connectivity index (χ0) is 30.0. The fraction of sp³-hybridized carbons (Fsp3) is 0.483. The van der Waals surface area contributed by atoms with Crippen molar-refractivity contribution < 1.29 is 37.1 Å². The number of carboxylic acids is 1. The monoisotopic (exact) mass is 565 g/mol. The number of nitrogens with one attached hydrogen (secondary N) is 2. The normalized spacial score (nSPS) is 15.6. The van der Waals surface area contributed by atoms with Crippen LogP contribution in [0, 0.1) is 11.7 Å². The minimum Gasteiger partial charge on any atom is -0.478 e. The number of hydrogen-bond acceptors (Lipinski definition) is 4. The molecule has 1 aliphatic heterocycles. The van der Waals surface area contributed by atoms with Gasteiger partial charge in [0, 0.05) is 24.8 Å². The Hall–Kier alpha value is -3.63. The van der Waals surface area contributed by atoms with Crippen molar-refractivity contribution in [1.29, 1.82) is 0 Å². The van der Waals surface area contributed by atoms with Gasteiger partial charge in [0.2, 0.25) is 5.91 Å². The zero-order valence-electron chi connectivity index (χ0n) is 23.2. The zero-order valence-corrected chi connectivity index (χ0v) is 23.2. The van der Waals surface area contributed by atoms with Crippen LogP contribution in [-0.4, -0.2) is 53.0 Å². The molecule has 0 saturated carbocycles. The summed E-state index contributed by atoms with van der Waals surface area (Å²) in [5.41, 5.74) is -0.604. The van der Waals surface area contributed by atoms with Crippen molar-refractivity contribution in [2.75, 3.05) is 18.4 Å². The van der Waals surface area contributed by atoms with Gasteiger partial charge in [0.1, 0.15) is 11.9 Å². The van der Waals surface area contributed by atoms with Crippen LogP contribution >= 0.6 is 0 Å². The number of likely N-dealkylation sites (tertiary alicyclic amines) is 1. The maximum absolute atomic E-state index is 14.2. The highest BCUT2D eigenvalue weighted by atomic mass is 19.4. The minimum absolute atomic E-state index is 0.0128. The molecule has 0 aliphatic carbocycles. The number of amides is 2. The Morgan fingerprint density at radius 1 is 0.975 bits per heavy atom. The summed E-state index contributed by atoms with van der Waals surface area (Å²) in [4.78, 5) is 39.3. The Balaban J connectivity index is 1.67. The predicted octanol–water partition coefficient (Wildman–Crippen LogP) is 5.70. The van der Waals surface area contributed by atoms with E-state index >= 15 is 0 Å².